The standard InChI is InChI=1S/C30H21BrClNO6/c1-13(34)14-2-4-15(5-3-14)33-29(38)19-9-8-17-20(26(19)30(33)39)11-21-27(24(36)12-22(31)28(21)37)25(17)18-7-6-16(35)10-23(18)32/h2-8,10,12,19-20,25-26,35H,9,11H2,1H3. The summed E-state index contributed by atoms with van der Waals surface area (Å²) in [6.07, 6.45) is 3.59. The van der Waals surface area contributed by atoms with Crippen LogP contribution in [-0.2, 0) is 19.2 Å². The average Bonchev–Trinajstić information content (AvgIpc) is 3.16. The number of Topliss-reactive ketones (excluding diaryl/α,β-unsaturated/α-hetero) is 2. The van der Waals surface area contributed by atoms with E-state index in [2.05, 4.69) is 15.9 Å². The summed E-state index contributed by atoms with van der Waals surface area (Å²) in [5, 5.41) is 10.2. The van der Waals surface area contributed by atoms with Gasteiger partial charge in [-0.1, -0.05) is 29.3 Å². The molecule has 0 spiro atoms. The van der Waals surface area contributed by atoms with Gasteiger partial charge in [0.1, 0.15) is 5.75 Å². The number of carbonyl (C=O) groups excluding carboxylic acids is 5. The number of rotatable bonds is 3. The third-order valence-electron chi connectivity index (χ3n) is 8.16. The first kappa shape index (κ1) is 25.6. The molecule has 1 saturated heterocycles. The number of phenolic OH excluding ortho intramolecular Hbond substituents is 1. The van der Waals surface area contributed by atoms with Crippen LogP contribution in [0.25, 0.3) is 0 Å². The van der Waals surface area contributed by atoms with Gasteiger partial charge in [-0.05, 0) is 83.6 Å². The molecule has 0 bridgehead atoms. The molecule has 4 atom stereocenters. The Hall–Kier alpha value is -3.62. The summed E-state index contributed by atoms with van der Waals surface area (Å²) in [6.45, 7) is 1.44. The zero-order valence-corrected chi connectivity index (χ0v) is 23.0. The molecule has 1 N–H and O–H groups in total. The van der Waals surface area contributed by atoms with Gasteiger partial charge in [-0.15, -0.1) is 0 Å². The molecule has 1 fully saturated rings. The van der Waals surface area contributed by atoms with Gasteiger partial charge < -0.3 is 5.11 Å². The molecule has 3 aliphatic carbocycles. The molecular formula is C30H21BrClNO6. The number of hydrogen-bond acceptors (Lipinski definition) is 6. The van der Waals surface area contributed by atoms with Crippen LogP contribution in [-0.4, -0.2) is 34.3 Å². The number of carbonyl (C=O) groups is 5. The summed E-state index contributed by atoms with van der Waals surface area (Å²) in [6, 6.07) is 10.8. The molecule has 0 aromatic heterocycles. The molecule has 196 valence electrons. The van der Waals surface area contributed by atoms with E-state index < -0.39 is 23.7 Å². The first-order chi connectivity index (χ1) is 18.6. The van der Waals surface area contributed by atoms with Crippen molar-refractivity contribution in [3.63, 3.8) is 0 Å². The molecule has 0 radical (unpaired) electrons. The summed E-state index contributed by atoms with van der Waals surface area (Å²) < 4.78 is 0.141. The van der Waals surface area contributed by atoms with E-state index in [9.17, 15) is 29.1 Å². The predicted molar refractivity (Wildman–Crippen MR) is 147 cm³/mol. The van der Waals surface area contributed by atoms with E-state index in [4.69, 9.17) is 11.6 Å². The second-order valence-corrected chi connectivity index (χ2v) is 11.5. The van der Waals surface area contributed by atoms with Crippen molar-refractivity contribution in [3.8, 4) is 5.75 Å². The smallest absolute Gasteiger partial charge is 0.238 e. The highest BCUT2D eigenvalue weighted by Gasteiger charge is 2.56. The van der Waals surface area contributed by atoms with Crippen molar-refractivity contribution in [2.45, 2.75) is 25.7 Å². The van der Waals surface area contributed by atoms with E-state index in [1.807, 2.05) is 6.08 Å². The Bertz CT molecular complexity index is 1620. The van der Waals surface area contributed by atoms with Gasteiger partial charge in [0, 0.05) is 33.7 Å². The predicted octanol–water partition coefficient (Wildman–Crippen LogP) is 5.21. The summed E-state index contributed by atoms with van der Waals surface area (Å²) in [5.41, 5.74) is 2.77. The lowest BCUT2D eigenvalue weighted by Gasteiger charge is -2.42. The van der Waals surface area contributed by atoms with E-state index in [1.165, 1.54) is 30.0 Å². The van der Waals surface area contributed by atoms with E-state index >= 15 is 0 Å². The van der Waals surface area contributed by atoms with Crippen molar-refractivity contribution in [2.24, 2.45) is 17.8 Å². The molecule has 7 nitrogen and oxygen atoms in total. The summed E-state index contributed by atoms with van der Waals surface area (Å²) in [7, 11) is 0. The van der Waals surface area contributed by atoms with E-state index in [-0.39, 0.29) is 50.8 Å². The number of hydrogen-bond donors (Lipinski definition) is 1. The number of phenols is 1. The number of nitrogens with zero attached hydrogens (tertiary/aromatic N) is 1. The lowest BCUT2D eigenvalue weighted by Crippen LogP contribution is -2.39. The summed E-state index contributed by atoms with van der Waals surface area (Å²) in [5.74, 6) is -4.09. The topological polar surface area (TPSA) is 109 Å². The molecule has 39 heavy (non-hydrogen) atoms. The average molecular weight is 607 g/mol. The molecule has 4 unspecified atom stereocenters. The fourth-order valence-electron chi connectivity index (χ4n) is 6.41. The fourth-order valence-corrected chi connectivity index (χ4v) is 7.14. The number of imide groups is 1. The minimum absolute atomic E-state index is 0.0420. The van der Waals surface area contributed by atoms with Gasteiger partial charge in [0.2, 0.25) is 11.8 Å². The molecule has 4 aliphatic rings. The van der Waals surface area contributed by atoms with Crippen LogP contribution in [0.1, 0.15) is 41.6 Å². The van der Waals surface area contributed by atoms with Gasteiger partial charge in [-0.2, -0.15) is 0 Å². The minimum Gasteiger partial charge on any atom is -0.508 e. The maximum absolute atomic E-state index is 13.9. The highest BCUT2D eigenvalue weighted by atomic mass is 79.9. The molecule has 2 aromatic carbocycles. The Morgan fingerprint density at radius 3 is 2.41 bits per heavy atom. The van der Waals surface area contributed by atoms with Gasteiger partial charge in [-0.25, -0.2) is 0 Å². The monoisotopic (exact) mass is 605 g/mol. The van der Waals surface area contributed by atoms with E-state index in [0.717, 1.165) is 5.57 Å². The quantitative estimate of drug-likeness (QED) is 0.222. The van der Waals surface area contributed by atoms with Crippen LogP contribution in [0.15, 0.2) is 75.8 Å². The minimum atomic E-state index is -0.731. The molecule has 9 heteroatoms. The van der Waals surface area contributed by atoms with Crippen molar-refractivity contribution < 1.29 is 29.1 Å². The molecule has 0 saturated carbocycles. The number of aromatic hydroxyl groups is 1. The van der Waals surface area contributed by atoms with Crippen LogP contribution < -0.4 is 4.90 Å². The van der Waals surface area contributed by atoms with Crippen molar-refractivity contribution in [3.05, 3.63) is 92.0 Å². The highest BCUT2D eigenvalue weighted by molar-refractivity contribution is 9.12. The van der Waals surface area contributed by atoms with Crippen molar-refractivity contribution in [1.29, 1.82) is 0 Å². The Kier molecular flexibility index (Phi) is 6.08. The number of benzene rings is 2. The van der Waals surface area contributed by atoms with Crippen LogP contribution in [0, 0.1) is 17.8 Å². The number of halogens is 2. The van der Waals surface area contributed by atoms with Crippen molar-refractivity contribution >= 4 is 62.4 Å². The van der Waals surface area contributed by atoms with Crippen LogP contribution in [0.2, 0.25) is 5.02 Å². The lowest BCUT2D eigenvalue weighted by molar-refractivity contribution is -0.123. The van der Waals surface area contributed by atoms with Crippen molar-refractivity contribution in [1.82, 2.24) is 0 Å². The Balaban J connectivity index is 1.46. The molecule has 1 aliphatic heterocycles. The first-order valence-corrected chi connectivity index (χ1v) is 13.6. The Labute approximate surface area is 236 Å². The van der Waals surface area contributed by atoms with Gasteiger partial charge in [0.25, 0.3) is 0 Å². The van der Waals surface area contributed by atoms with E-state index in [0.29, 0.717) is 34.4 Å². The Morgan fingerprint density at radius 1 is 1.03 bits per heavy atom. The zero-order chi connectivity index (χ0) is 27.7. The van der Waals surface area contributed by atoms with Crippen LogP contribution in [0.5, 0.6) is 5.75 Å². The third-order valence-corrected chi connectivity index (χ3v) is 9.07. The summed E-state index contributed by atoms with van der Waals surface area (Å²) in [4.78, 5) is 66.9. The maximum Gasteiger partial charge on any atom is 0.238 e. The third kappa shape index (κ3) is 3.88. The molecular weight excluding hydrogens is 586 g/mol. The number of fused-ring (bicyclic) bond motifs is 3. The molecule has 1 heterocycles. The van der Waals surface area contributed by atoms with Gasteiger partial charge >= 0.3 is 0 Å². The highest BCUT2D eigenvalue weighted by Crippen LogP contribution is 2.56. The second kappa shape index (κ2) is 9.24. The molecule has 2 aromatic rings. The lowest BCUT2D eigenvalue weighted by atomic mass is 9.59. The van der Waals surface area contributed by atoms with Crippen LogP contribution >= 0.6 is 27.5 Å². The van der Waals surface area contributed by atoms with E-state index in [1.54, 1.807) is 30.3 Å². The normalized spacial score (nSPS) is 26.2. The first-order valence-electron chi connectivity index (χ1n) is 12.4. The van der Waals surface area contributed by atoms with Crippen LogP contribution in [0.3, 0.4) is 0 Å². The van der Waals surface area contributed by atoms with Gasteiger partial charge in [0.15, 0.2) is 17.3 Å². The van der Waals surface area contributed by atoms with Gasteiger partial charge in [-0.3, -0.25) is 28.9 Å². The largest absolute Gasteiger partial charge is 0.508 e. The number of amides is 2. The molecule has 6 rings (SSSR count). The summed E-state index contributed by atoms with van der Waals surface area (Å²) >= 11 is 9.76. The number of allylic oxidation sites excluding steroid dienone is 6. The Morgan fingerprint density at radius 2 is 1.74 bits per heavy atom. The number of anilines is 1. The second-order valence-electron chi connectivity index (χ2n) is 10.2. The maximum atomic E-state index is 13.9. The number of ketones is 3. The molecule has 2 amide bonds. The van der Waals surface area contributed by atoms with Gasteiger partial charge in [0.05, 0.1) is 22.0 Å². The zero-order valence-electron chi connectivity index (χ0n) is 20.6. The fraction of sp³-hybridized carbons (Fsp3) is 0.233. The van der Waals surface area contributed by atoms with Crippen molar-refractivity contribution in [2.75, 3.05) is 4.90 Å². The SMILES string of the molecule is CC(=O)c1ccc(N2C(=O)C3CC=C4C(c5ccc(O)cc5Cl)C5=C(CC4C3C2=O)C(=O)C(Br)=CC5=O)cc1. The van der Waals surface area contributed by atoms with Crippen LogP contribution in [0.4, 0.5) is 5.69 Å².